The molecule has 0 spiro atoms. The Balaban J connectivity index is 1.89. The maximum Gasteiger partial charge on any atom is 0.320 e. The standard InChI is InChI=1S/C18H27N3O4/c1-12(2)15(17(23)24)21-18(10-25-11-18)9-20-16(22)14(19)8-13-6-4-3-5-7-13/h3-7,12,14-15,21H,8-11,19H2,1-2H3,(H,20,22)(H,23,24)/t14-,15-/m0/s1. The van der Waals surface area contributed by atoms with Gasteiger partial charge in [0.05, 0.1) is 24.8 Å². The van der Waals surface area contributed by atoms with Crippen LogP contribution in [0.5, 0.6) is 0 Å². The number of carboxylic acids is 1. The van der Waals surface area contributed by atoms with Crippen molar-refractivity contribution in [2.24, 2.45) is 11.7 Å². The minimum absolute atomic E-state index is 0.0778. The summed E-state index contributed by atoms with van der Waals surface area (Å²) >= 11 is 0. The summed E-state index contributed by atoms with van der Waals surface area (Å²) in [6.45, 7) is 4.68. The van der Waals surface area contributed by atoms with Crippen LogP contribution in [0.15, 0.2) is 30.3 Å². The first-order chi connectivity index (χ1) is 11.8. The molecular formula is C18H27N3O4. The van der Waals surface area contributed by atoms with E-state index >= 15 is 0 Å². The van der Waals surface area contributed by atoms with Crippen LogP contribution in [-0.2, 0) is 20.7 Å². The smallest absolute Gasteiger partial charge is 0.320 e. The average molecular weight is 349 g/mol. The molecule has 0 aliphatic carbocycles. The van der Waals surface area contributed by atoms with Crippen LogP contribution in [0.3, 0.4) is 0 Å². The Hall–Kier alpha value is -1.96. The normalized spacial score (nSPS) is 18.2. The van der Waals surface area contributed by atoms with Gasteiger partial charge in [-0.2, -0.15) is 0 Å². The lowest BCUT2D eigenvalue weighted by Gasteiger charge is -2.44. The first kappa shape index (κ1) is 19.4. The first-order valence-corrected chi connectivity index (χ1v) is 8.48. The molecule has 2 atom stereocenters. The fraction of sp³-hybridized carbons (Fsp3) is 0.556. The lowest BCUT2D eigenvalue weighted by atomic mass is 9.92. The fourth-order valence-electron chi connectivity index (χ4n) is 2.78. The van der Waals surface area contributed by atoms with Gasteiger partial charge < -0.3 is 20.9 Å². The Morgan fingerprint density at radius 1 is 1.28 bits per heavy atom. The van der Waals surface area contributed by atoms with Gasteiger partial charge in [-0.15, -0.1) is 0 Å². The monoisotopic (exact) mass is 349 g/mol. The van der Waals surface area contributed by atoms with Crippen LogP contribution >= 0.6 is 0 Å². The molecule has 25 heavy (non-hydrogen) atoms. The van der Waals surface area contributed by atoms with Gasteiger partial charge in [0.15, 0.2) is 0 Å². The van der Waals surface area contributed by atoms with E-state index in [9.17, 15) is 14.7 Å². The zero-order chi connectivity index (χ0) is 18.4. The van der Waals surface area contributed by atoms with Crippen molar-refractivity contribution in [3.05, 3.63) is 35.9 Å². The largest absolute Gasteiger partial charge is 0.480 e. The molecule has 1 heterocycles. The fourth-order valence-corrected chi connectivity index (χ4v) is 2.78. The molecule has 1 saturated heterocycles. The number of aliphatic carboxylic acids is 1. The summed E-state index contributed by atoms with van der Waals surface area (Å²) in [6.07, 6.45) is 0.452. The van der Waals surface area contributed by atoms with E-state index in [1.165, 1.54) is 0 Å². The van der Waals surface area contributed by atoms with Crippen LogP contribution < -0.4 is 16.4 Å². The number of carboxylic acid groups (broad SMARTS) is 1. The Bertz CT molecular complexity index is 587. The third-order valence-electron chi connectivity index (χ3n) is 4.39. The van der Waals surface area contributed by atoms with Crippen molar-refractivity contribution in [1.29, 1.82) is 0 Å². The number of carbonyl (C=O) groups is 2. The molecule has 1 aromatic rings. The second-order valence-corrected chi connectivity index (χ2v) is 6.99. The number of benzene rings is 1. The predicted octanol–water partition coefficient (Wildman–Crippen LogP) is 0.140. The Morgan fingerprint density at radius 3 is 2.40 bits per heavy atom. The van der Waals surface area contributed by atoms with Gasteiger partial charge in [-0.05, 0) is 17.9 Å². The summed E-state index contributed by atoms with van der Waals surface area (Å²) in [5.41, 5.74) is 6.41. The Labute approximate surface area is 147 Å². The lowest BCUT2D eigenvalue weighted by molar-refractivity contribution is -0.145. The van der Waals surface area contributed by atoms with Crippen LogP contribution in [0.25, 0.3) is 0 Å². The van der Waals surface area contributed by atoms with E-state index in [-0.39, 0.29) is 18.4 Å². The number of nitrogens with one attached hydrogen (secondary N) is 2. The number of carbonyl (C=O) groups excluding carboxylic acids is 1. The van der Waals surface area contributed by atoms with E-state index in [4.69, 9.17) is 10.5 Å². The molecule has 1 aliphatic rings. The van der Waals surface area contributed by atoms with Crippen LogP contribution in [0.2, 0.25) is 0 Å². The van der Waals surface area contributed by atoms with E-state index in [2.05, 4.69) is 10.6 Å². The summed E-state index contributed by atoms with van der Waals surface area (Å²) < 4.78 is 5.25. The molecule has 5 N–H and O–H groups in total. The van der Waals surface area contributed by atoms with E-state index in [1.54, 1.807) is 0 Å². The van der Waals surface area contributed by atoms with E-state index in [1.807, 2.05) is 44.2 Å². The molecule has 7 heteroatoms. The maximum atomic E-state index is 12.3. The highest BCUT2D eigenvalue weighted by atomic mass is 16.5. The molecule has 7 nitrogen and oxygen atoms in total. The van der Waals surface area contributed by atoms with E-state index < -0.39 is 23.6 Å². The molecule has 1 aromatic carbocycles. The van der Waals surface area contributed by atoms with Crippen molar-refractivity contribution in [3.63, 3.8) is 0 Å². The number of hydrogen-bond acceptors (Lipinski definition) is 5. The zero-order valence-electron chi connectivity index (χ0n) is 14.7. The lowest BCUT2D eigenvalue weighted by Crippen LogP contribution is -2.70. The molecule has 0 aromatic heterocycles. The third kappa shape index (κ3) is 5.26. The minimum Gasteiger partial charge on any atom is -0.480 e. The van der Waals surface area contributed by atoms with Crippen LogP contribution in [0, 0.1) is 5.92 Å². The van der Waals surface area contributed by atoms with Gasteiger partial charge in [0.1, 0.15) is 6.04 Å². The van der Waals surface area contributed by atoms with Crippen molar-refractivity contribution in [3.8, 4) is 0 Å². The topological polar surface area (TPSA) is 114 Å². The molecular weight excluding hydrogens is 322 g/mol. The summed E-state index contributed by atoms with van der Waals surface area (Å²) in [6, 6.07) is 8.23. The van der Waals surface area contributed by atoms with Crippen molar-refractivity contribution >= 4 is 11.9 Å². The Kier molecular flexibility index (Phi) is 6.52. The predicted molar refractivity (Wildman–Crippen MR) is 94.1 cm³/mol. The zero-order valence-corrected chi connectivity index (χ0v) is 14.7. The second kappa shape index (κ2) is 8.42. The number of rotatable bonds is 9. The maximum absolute atomic E-state index is 12.3. The van der Waals surface area contributed by atoms with E-state index in [0.29, 0.717) is 19.6 Å². The minimum atomic E-state index is -0.909. The van der Waals surface area contributed by atoms with Gasteiger partial charge in [0.25, 0.3) is 0 Å². The summed E-state index contributed by atoms with van der Waals surface area (Å²) in [7, 11) is 0. The molecule has 0 bridgehead atoms. The number of amides is 1. The molecule has 1 fully saturated rings. The highest BCUT2D eigenvalue weighted by Crippen LogP contribution is 2.19. The van der Waals surface area contributed by atoms with Crippen molar-refractivity contribution in [1.82, 2.24) is 10.6 Å². The van der Waals surface area contributed by atoms with Gasteiger partial charge in [0, 0.05) is 6.54 Å². The van der Waals surface area contributed by atoms with Gasteiger partial charge in [0.2, 0.25) is 5.91 Å². The molecule has 0 unspecified atom stereocenters. The molecule has 0 saturated carbocycles. The summed E-state index contributed by atoms with van der Waals surface area (Å²) in [5, 5.41) is 15.3. The SMILES string of the molecule is CC(C)[C@H](NC1(CNC(=O)[C@@H](N)Cc2ccccc2)COC1)C(=O)O. The van der Waals surface area contributed by atoms with Gasteiger partial charge in [-0.25, -0.2) is 0 Å². The average Bonchev–Trinajstić information content (AvgIpc) is 2.53. The molecule has 2 rings (SSSR count). The van der Waals surface area contributed by atoms with E-state index in [0.717, 1.165) is 5.56 Å². The summed E-state index contributed by atoms with van der Waals surface area (Å²) in [5.74, 6) is -1.24. The third-order valence-corrected chi connectivity index (χ3v) is 4.39. The van der Waals surface area contributed by atoms with Gasteiger partial charge in [-0.1, -0.05) is 44.2 Å². The number of hydrogen-bond donors (Lipinski definition) is 4. The summed E-state index contributed by atoms with van der Waals surface area (Å²) in [4.78, 5) is 23.7. The van der Waals surface area contributed by atoms with Crippen LogP contribution in [-0.4, -0.2) is 54.4 Å². The quantitative estimate of drug-likeness (QED) is 0.504. The van der Waals surface area contributed by atoms with Gasteiger partial charge in [-0.3, -0.25) is 14.9 Å². The highest BCUT2D eigenvalue weighted by molar-refractivity contribution is 5.82. The van der Waals surface area contributed by atoms with Gasteiger partial charge >= 0.3 is 5.97 Å². The van der Waals surface area contributed by atoms with Crippen LogP contribution in [0.1, 0.15) is 19.4 Å². The molecule has 138 valence electrons. The van der Waals surface area contributed by atoms with Crippen molar-refractivity contribution in [2.45, 2.75) is 37.9 Å². The molecule has 1 aliphatic heterocycles. The van der Waals surface area contributed by atoms with Crippen LogP contribution in [0.4, 0.5) is 0 Å². The number of nitrogens with two attached hydrogens (primary N) is 1. The van der Waals surface area contributed by atoms with Crippen molar-refractivity contribution in [2.75, 3.05) is 19.8 Å². The number of ether oxygens (including phenoxy) is 1. The van der Waals surface area contributed by atoms with Crippen molar-refractivity contribution < 1.29 is 19.4 Å². The Morgan fingerprint density at radius 2 is 1.92 bits per heavy atom. The molecule has 0 radical (unpaired) electrons. The second-order valence-electron chi connectivity index (χ2n) is 6.99. The molecule has 1 amide bonds. The highest BCUT2D eigenvalue weighted by Gasteiger charge is 2.42. The first-order valence-electron chi connectivity index (χ1n) is 8.48.